The van der Waals surface area contributed by atoms with Crippen LogP contribution in [0.4, 0.5) is 0 Å². The molecule has 0 aliphatic carbocycles. The Morgan fingerprint density at radius 3 is 0.273 bits per heavy atom. The molecule has 0 N–H and O–H groups in total. The number of hydrogen-bond acceptors (Lipinski definition) is 0. The second-order valence-corrected chi connectivity index (χ2v) is 0. The van der Waals surface area contributed by atoms with E-state index in [0.29, 0.717) is 0 Å². The fraction of sp³-hybridized carbons (Fsp3) is 0. The van der Waals surface area contributed by atoms with Gasteiger partial charge in [0.2, 0.25) is 0 Å². The normalized spacial score (nSPS) is 0. The van der Waals surface area contributed by atoms with Crippen molar-refractivity contribution >= 4 is 34.7 Å². The SMILES string of the molecule is [Al+3].[Al+3].[Ir+4].[Ir+4].[O-2].[O-2].[O-2].[O-2].[O-2].[O-2].[O-2]. The summed E-state index contributed by atoms with van der Waals surface area (Å²) >= 11 is 0. The van der Waals surface area contributed by atoms with E-state index in [-0.39, 0.29) is 113 Å². The van der Waals surface area contributed by atoms with Gasteiger partial charge in [-0.25, -0.2) is 0 Å². The standard InChI is InChI=1S/2Al.2Ir.7O/q2*+3;2*+4;7*-2. The molecule has 11 heteroatoms. The summed E-state index contributed by atoms with van der Waals surface area (Å²) in [6, 6.07) is 0. The summed E-state index contributed by atoms with van der Waals surface area (Å²) in [5.74, 6) is 0. The van der Waals surface area contributed by atoms with Gasteiger partial charge in [0, 0.05) is 0 Å². The Labute approximate surface area is 112 Å². The third-order valence-electron chi connectivity index (χ3n) is 0. The van der Waals surface area contributed by atoms with Crippen molar-refractivity contribution in [2.75, 3.05) is 0 Å². The van der Waals surface area contributed by atoms with E-state index < -0.39 is 0 Å². The second-order valence-electron chi connectivity index (χ2n) is 0. The van der Waals surface area contributed by atoms with Crippen LogP contribution in [0.2, 0.25) is 0 Å². The number of rotatable bonds is 0. The van der Waals surface area contributed by atoms with E-state index in [9.17, 15) is 0 Å². The fourth-order valence-corrected chi connectivity index (χ4v) is 0. The van der Waals surface area contributed by atoms with Crippen LogP contribution in [0.25, 0.3) is 0 Å². The van der Waals surface area contributed by atoms with Crippen LogP contribution in [-0.2, 0) is 78.5 Å². The second kappa shape index (κ2) is 342. The average molecular weight is 550 g/mol. The van der Waals surface area contributed by atoms with Gasteiger partial charge < -0.3 is 38.3 Å². The van der Waals surface area contributed by atoms with Crippen molar-refractivity contribution in [2.45, 2.75) is 0 Å². The van der Waals surface area contributed by atoms with Crippen molar-refractivity contribution in [2.24, 2.45) is 0 Å². The summed E-state index contributed by atoms with van der Waals surface area (Å²) in [5, 5.41) is 0. The van der Waals surface area contributed by atoms with Crippen molar-refractivity contribution in [3.63, 3.8) is 0 Å². The number of hydrogen-bond donors (Lipinski definition) is 0. The maximum atomic E-state index is 0. The van der Waals surface area contributed by atoms with Gasteiger partial charge in [0.25, 0.3) is 0 Å². The fourth-order valence-electron chi connectivity index (χ4n) is 0. The molecule has 0 fully saturated rings. The molecule has 0 amide bonds. The minimum Gasteiger partial charge on any atom is -2.00 e. The minimum atomic E-state index is 0. The van der Waals surface area contributed by atoms with Crippen molar-refractivity contribution in [3.8, 4) is 0 Å². The van der Waals surface area contributed by atoms with Gasteiger partial charge >= 0.3 is 74.9 Å². The van der Waals surface area contributed by atoms with Crippen LogP contribution < -0.4 is 0 Å². The molecule has 0 aromatic rings. The Bertz CT molecular complexity index is 14.4. The molecule has 0 aliphatic rings. The zero-order valence-corrected chi connectivity index (χ0v) is 11.8. The van der Waals surface area contributed by atoms with E-state index in [1.165, 1.54) is 0 Å². The Morgan fingerprint density at radius 1 is 0.273 bits per heavy atom. The molecule has 0 rings (SSSR count). The van der Waals surface area contributed by atoms with E-state index in [2.05, 4.69) is 0 Å². The zero-order valence-electron chi connectivity index (χ0n) is 4.68. The largest absolute Gasteiger partial charge is 4.00 e. The first-order valence-electron chi connectivity index (χ1n) is 0. The predicted octanol–water partition coefficient (Wildman–Crippen LogP) is -1.60. The molecular formula is Al2Ir2O7. The van der Waals surface area contributed by atoms with E-state index in [0.717, 1.165) is 0 Å². The van der Waals surface area contributed by atoms with Crippen LogP contribution >= 0.6 is 0 Å². The van der Waals surface area contributed by atoms with Crippen LogP contribution in [0.3, 0.4) is 0 Å². The van der Waals surface area contributed by atoms with E-state index in [1.54, 1.807) is 0 Å². The molecule has 0 heterocycles. The van der Waals surface area contributed by atoms with Crippen LogP contribution in [0.15, 0.2) is 0 Å². The van der Waals surface area contributed by atoms with Crippen molar-refractivity contribution in [3.05, 3.63) is 0 Å². The molecule has 0 aromatic heterocycles. The molecule has 0 bridgehead atoms. The van der Waals surface area contributed by atoms with Crippen LogP contribution in [0.5, 0.6) is 0 Å². The van der Waals surface area contributed by atoms with Gasteiger partial charge in [0.1, 0.15) is 0 Å². The van der Waals surface area contributed by atoms with Gasteiger partial charge in [-0.2, -0.15) is 0 Å². The third kappa shape index (κ3) is 283. The first-order chi connectivity index (χ1) is 0. The molecule has 0 saturated carbocycles. The summed E-state index contributed by atoms with van der Waals surface area (Å²) in [5.41, 5.74) is 0. The van der Waals surface area contributed by atoms with Gasteiger partial charge in [-0.1, -0.05) is 0 Å². The topological polar surface area (TPSA) is 200 Å². The maximum absolute atomic E-state index is 0. The van der Waals surface area contributed by atoms with Crippen molar-refractivity contribution in [1.29, 1.82) is 0 Å². The van der Waals surface area contributed by atoms with E-state index >= 15 is 0 Å². The van der Waals surface area contributed by atoms with Crippen molar-refractivity contribution in [1.82, 2.24) is 0 Å². The molecule has 0 aromatic carbocycles. The third-order valence-corrected chi connectivity index (χ3v) is 0. The maximum Gasteiger partial charge on any atom is 4.00 e. The molecule has 66 valence electrons. The van der Waals surface area contributed by atoms with Gasteiger partial charge in [-0.05, 0) is 0 Å². The molecule has 11 heavy (non-hydrogen) atoms. The van der Waals surface area contributed by atoms with Gasteiger partial charge in [-0.3, -0.25) is 0 Å². The molecular weight excluding hydrogens is 550 g/mol. The Balaban J connectivity index is 0. The predicted molar refractivity (Wildman–Crippen MR) is 16.3 cm³/mol. The van der Waals surface area contributed by atoms with Gasteiger partial charge in [0.05, 0.1) is 0 Å². The Morgan fingerprint density at radius 2 is 0.273 bits per heavy atom. The molecule has 7 nitrogen and oxygen atoms in total. The minimum absolute atomic E-state index is 0. The van der Waals surface area contributed by atoms with E-state index in [4.69, 9.17) is 0 Å². The van der Waals surface area contributed by atoms with Crippen molar-refractivity contribution < 1.29 is 78.5 Å². The molecule has 0 spiro atoms. The van der Waals surface area contributed by atoms with E-state index in [1.807, 2.05) is 0 Å². The quantitative estimate of drug-likeness (QED) is 0.313. The molecule has 2 radical (unpaired) electrons. The summed E-state index contributed by atoms with van der Waals surface area (Å²) in [6.45, 7) is 0. The molecule has 0 atom stereocenters. The summed E-state index contributed by atoms with van der Waals surface area (Å²) in [4.78, 5) is 0. The molecule has 0 saturated heterocycles. The molecule has 0 unspecified atom stereocenters. The Kier molecular flexibility index (Phi) is 13700. The smallest absolute Gasteiger partial charge is 2.00 e. The van der Waals surface area contributed by atoms with Gasteiger partial charge in [-0.15, -0.1) is 0 Å². The van der Waals surface area contributed by atoms with Gasteiger partial charge in [0.15, 0.2) is 0 Å². The summed E-state index contributed by atoms with van der Waals surface area (Å²) in [7, 11) is 0. The van der Waals surface area contributed by atoms with Crippen LogP contribution in [0, 0.1) is 0 Å². The summed E-state index contributed by atoms with van der Waals surface area (Å²) < 4.78 is 0. The van der Waals surface area contributed by atoms with Crippen LogP contribution in [-0.4, -0.2) is 34.7 Å². The monoisotopic (exact) mass is 552 g/mol. The first kappa shape index (κ1) is 440. The van der Waals surface area contributed by atoms with Crippen LogP contribution in [0.1, 0.15) is 0 Å². The zero-order chi connectivity index (χ0) is 0. The molecule has 0 aliphatic heterocycles. The summed E-state index contributed by atoms with van der Waals surface area (Å²) in [6.07, 6.45) is 0. The Hall–Kier alpha value is 2.08. The average Bonchev–Trinajstić information content (AvgIpc) is 0. The first-order valence-corrected chi connectivity index (χ1v) is 0.